The molecule has 0 unspecified atom stereocenters. The number of methoxy groups -OCH3 is 1. The molecule has 1 fully saturated rings. The third-order valence-electron chi connectivity index (χ3n) is 2.28. The number of ether oxygens (including phenoxy) is 2. The van der Waals surface area contributed by atoms with Crippen LogP contribution >= 0.6 is 0 Å². The van der Waals surface area contributed by atoms with Crippen molar-refractivity contribution < 1.29 is 9.47 Å². The van der Waals surface area contributed by atoms with Crippen LogP contribution in [0.5, 0.6) is 5.88 Å². The van der Waals surface area contributed by atoms with Gasteiger partial charge in [0.1, 0.15) is 0 Å². The summed E-state index contributed by atoms with van der Waals surface area (Å²) in [6, 6.07) is 0. The Bertz CT molecular complexity index is 339. The molecule has 6 nitrogen and oxygen atoms in total. The molecule has 6 heteroatoms. The van der Waals surface area contributed by atoms with Crippen LogP contribution in [-0.2, 0) is 4.74 Å². The first-order valence-corrected chi connectivity index (χ1v) is 4.80. The molecule has 2 N–H and O–H groups in total. The lowest BCUT2D eigenvalue weighted by Gasteiger charge is -2.28. The molecule has 1 aromatic rings. The van der Waals surface area contributed by atoms with E-state index in [0.717, 1.165) is 13.1 Å². The van der Waals surface area contributed by atoms with Crippen LogP contribution in [0.4, 0.5) is 11.6 Å². The normalized spacial score (nSPS) is 16.5. The molecule has 1 aliphatic rings. The highest BCUT2D eigenvalue weighted by Crippen LogP contribution is 2.21. The van der Waals surface area contributed by atoms with Crippen molar-refractivity contribution in [2.75, 3.05) is 44.0 Å². The van der Waals surface area contributed by atoms with Gasteiger partial charge in [-0.2, -0.15) is 4.98 Å². The molecule has 2 heterocycles. The third kappa shape index (κ3) is 2.10. The van der Waals surface area contributed by atoms with Crippen molar-refractivity contribution in [3.8, 4) is 5.88 Å². The fourth-order valence-corrected chi connectivity index (χ4v) is 1.50. The molecule has 0 amide bonds. The van der Waals surface area contributed by atoms with Crippen molar-refractivity contribution >= 4 is 11.6 Å². The second-order valence-electron chi connectivity index (χ2n) is 3.22. The number of anilines is 2. The van der Waals surface area contributed by atoms with E-state index in [4.69, 9.17) is 15.2 Å². The highest BCUT2D eigenvalue weighted by Gasteiger charge is 2.16. The minimum absolute atomic E-state index is 0.399. The summed E-state index contributed by atoms with van der Waals surface area (Å²) in [6.07, 6.45) is 1.57. The molecule has 82 valence electrons. The maximum atomic E-state index is 5.79. The molecule has 15 heavy (non-hydrogen) atoms. The summed E-state index contributed by atoms with van der Waals surface area (Å²) >= 11 is 0. The van der Waals surface area contributed by atoms with Crippen molar-refractivity contribution in [2.45, 2.75) is 0 Å². The first-order chi connectivity index (χ1) is 7.31. The van der Waals surface area contributed by atoms with E-state index in [9.17, 15) is 0 Å². The Morgan fingerprint density at radius 2 is 2.20 bits per heavy atom. The number of aromatic nitrogens is 2. The molecule has 1 aliphatic heterocycles. The van der Waals surface area contributed by atoms with Crippen molar-refractivity contribution in [1.82, 2.24) is 9.97 Å². The number of rotatable bonds is 2. The zero-order chi connectivity index (χ0) is 10.7. The van der Waals surface area contributed by atoms with Gasteiger partial charge in [-0.05, 0) is 0 Å². The van der Waals surface area contributed by atoms with Gasteiger partial charge < -0.3 is 20.1 Å². The Hall–Kier alpha value is -1.56. The van der Waals surface area contributed by atoms with Crippen LogP contribution in [0, 0.1) is 0 Å². The molecule has 1 saturated heterocycles. The van der Waals surface area contributed by atoms with Gasteiger partial charge in [0.15, 0.2) is 11.6 Å². The lowest BCUT2D eigenvalue weighted by Crippen LogP contribution is -2.37. The summed E-state index contributed by atoms with van der Waals surface area (Å²) in [4.78, 5) is 10.4. The molecule has 2 rings (SSSR count). The zero-order valence-electron chi connectivity index (χ0n) is 8.64. The van der Waals surface area contributed by atoms with Crippen LogP contribution in [0.2, 0.25) is 0 Å². The van der Waals surface area contributed by atoms with Gasteiger partial charge in [0.25, 0.3) is 0 Å². The Balaban J connectivity index is 2.19. The van der Waals surface area contributed by atoms with Crippen LogP contribution in [0.15, 0.2) is 6.20 Å². The number of hydrogen-bond acceptors (Lipinski definition) is 6. The van der Waals surface area contributed by atoms with Gasteiger partial charge in [-0.3, -0.25) is 0 Å². The lowest BCUT2D eigenvalue weighted by atomic mass is 10.4. The highest BCUT2D eigenvalue weighted by atomic mass is 16.5. The van der Waals surface area contributed by atoms with E-state index in [-0.39, 0.29) is 0 Å². The van der Waals surface area contributed by atoms with Gasteiger partial charge >= 0.3 is 0 Å². The quantitative estimate of drug-likeness (QED) is 0.735. The number of nitrogen functional groups attached to an aromatic ring is 1. The topological polar surface area (TPSA) is 73.5 Å². The van der Waals surface area contributed by atoms with Crippen molar-refractivity contribution in [2.24, 2.45) is 0 Å². The Morgan fingerprint density at radius 3 is 2.80 bits per heavy atom. The van der Waals surface area contributed by atoms with E-state index in [1.165, 1.54) is 7.11 Å². The summed E-state index contributed by atoms with van der Waals surface area (Å²) in [6.45, 7) is 3.00. The van der Waals surface area contributed by atoms with Gasteiger partial charge in [-0.25, -0.2) is 4.98 Å². The molecule has 0 radical (unpaired) electrons. The Labute approximate surface area is 88.0 Å². The molecule has 0 aromatic carbocycles. The third-order valence-corrected chi connectivity index (χ3v) is 2.28. The molecule has 0 spiro atoms. The predicted octanol–water partition coefficient (Wildman–Crippen LogP) is -0.0960. The largest absolute Gasteiger partial charge is 0.480 e. The maximum absolute atomic E-state index is 5.79. The Kier molecular flexibility index (Phi) is 2.86. The van der Waals surface area contributed by atoms with Crippen molar-refractivity contribution in [3.05, 3.63) is 6.20 Å². The average Bonchev–Trinajstić information content (AvgIpc) is 2.30. The monoisotopic (exact) mass is 210 g/mol. The average molecular weight is 210 g/mol. The summed E-state index contributed by atoms with van der Waals surface area (Å²) in [5, 5.41) is 0. The van der Waals surface area contributed by atoms with Crippen LogP contribution in [-0.4, -0.2) is 43.4 Å². The first kappa shape index (κ1) is 9.97. The summed E-state index contributed by atoms with van der Waals surface area (Å²) in [7, 11) is 1.54. The molecule has 0 saturated carbocycles. The standard InChI is InChI=1S/C9H14N4O2/c1-14-7-6-11-9(8(10)12-7)13-2-4-15-5-3-13/h6H,2-5H2,1H3,(H2,10,12). The van der Waals surface area contributed by atoms with Crippen LogP contribution in [0.1, 0.15) is 0 Å². The van der Waals surface area contributed by atoms with E-state index in [2.05, 4.69) is 14.9 Å². The molecule has 0 bridgehead atoms. The van der Waals surface area contributed by atoms with Gasteiger partial charge in [-0.15, -0.1) is 0 Å². The van der Waals surface area contributed by atoms with E-state index in [0.29, 0.717) is 30.7 Å². The molecule has 0 atom stereocenters. The van der Waals surface area contributed by atoms with Crippen molar-refractivity contribution in [1.29, 1.82) is 0 Å². The minimum Gasteiger partial charge on any atom is -0.480 e. The zero-order valence-corrected chi connectivity index (χ0v) is 8.64. The summed E-state index contributed by atoms with van der Waals surface area (Å²) < 4.78 is 10.2. The number of hydrogen-bond donors (Lipinski definition) is 1. The van der Waals surface area contributed by atoms with E-state index in [1.807, 2.05) is 0 Å². The second kappa shape index (κ2) is 4.31. The number of nitrogens with two attached hydrogens (primary N) is 1. The second-order valence-corrected chi connectivity index (χ2v) is 3.22. The van der Waals surface area contributed by atoms with Crippen LogP contribution in [0.25, 0.3) is 0 Å². The first-order valence-electron chi connectivity index (χ1n) is 4.80. The van der Waals surface area contributed by atoms with Crippen LogP contribution in [0.3, 0.4) is 0 Å². The van der Waals surface area contributed by atoms with E-state index in [1.54, 1.807) is 6.20 Å². The molecule has 0 aliphatic carbocycles. The van der Waals surface area contributed by atoms with Gasteiger partial charge in [0, 0.05) is 13.1 Å². The van der Waals surface area contributed by atoms with Gasteiger partial charge in [0.05, 0.1) is 26.5 Å². The summed E-state index contributed by atoms with van der Waals surface area (Å²) in [5.74, 6) is 1.54. The highest BCUT2D eigenvalue weighted by molar-refractivity contribution is 5.58. The fourth-order valence-electron chi connectivity index (χ4n) is 1.50. The SMILES string of the molecule is COc1cnc(N2CCOCC2)c(N)n1. The summed E-state index contributed by atoms with van der Waals surface area (Å²) in [5.41, 5.74) is 5.79. The molecular formula is C9H14N4O2. The number of nitrogens with zero attached hydrogens (tertiary/aromatic N) is 3. The van der Waals surface area contributed by atoms with Gasteiger partial charge in [0.2, 0.25) is 5.88 Å². The molecule has 1 aromatic heterocycles. The predicted molar refractivity (Wildman–Crippen MR) is 56.0 cm³/mol. The lowest BCUT2D eigenvalue weighted by molar-refractivity contribution is 0.122. The van der Waals surface area contributed by atoms with Crippen molar-refractivity contribution in [3.63, 3.8) is 0 Å². The minimum atomic E-state index is 0.399. The number of morpholine rings is 1. The Morgan fingerprint density at radius 1 is 1.47 bits per heavy atom. The smallest absolute Gasteiger partial charge is 0.234 e. The van der Waals surface area contributed by atoms with E-state index < -0.39 is 0 Å². The van der Waals surface area contributed by atoms with E-state index >= 15 is 0 Å². The van der Waals surface area contributed by atoms with Crippen LogP contribution < -0.4 is 15.4 Å². The van der Waals surface area contributed by atoms with Gasteiger partial charge in [-0.1, -0.05) is 0 Å². The molecular weight excluding hydrogens is 196 g/mol. The fraction of sp³-hybridized carbons (Fsp3) is 0.556. The maximum Gasteiger partial charge on any atom is 0.234 e.